The highest BCUT2D eigenvalue weighted by Crippen LogP contribution is 2.34. The lowest BCUT2D eigenvalue weighted by Crippen LogP contribution is -2.47. The fourth-order valence-electron chi connectivity index (χ4n) is 3.12. The third kappa shape index (κ3) is 3.25. The largest absolute Gasteiger partial charge is 0.497 e. The van der Waals surface area contributed by atoms with E-state index >= 15 is 0 Å². The summed E-state index contributed by atoms with van der Waals surface area (Å²) in [6.45, 7) is 6.52. The van der Waals surface area contributed by atoms with Crippen LogP contribution in [-0.2, 0) is 0 Å². The first-order chi connectivity index (χ1) is 9.55. The number of ether oxygens (including phenoxy) is 2. The van der Waals surface area contributed by atoms with Crippen LogP contribution in [0.4, 0.5) is 0 Å². The van der Waals surface area contributed by atoms with E-state index in [1.807, 2.05) is 12.1 Å². The molecule has 0 bridgehead atoms. The molecule has 0 amide bonds. The quantitative estimate of drug-likeness (QED) is 0.919. The molecule has 112 valence electrons. The summed E-state index contributed by atoms with van der Waals surface area (Å²) < 4.78 is 10.8. The molecule has 0 radical (unpaired) electrons. The van der Waals surface area contributed by atoms with Gasteiger partial charge in [0.1, 0.15) is 11.5 Å². The Balaban J connectivity index is 2.21. The van der Waals surface area contributed by atoms with Crippen LogP contribution in [-0.4, -0.2) is 38.3 Å². The molecule has 2 N–H and O–H groups in total. The van der Waals surface area contributed by atoms with Crippen LogP contribution in [0.1, 0.15) is 31.9 Å². The lowest BCUT2D eigenvalue weighted by Gasteiger charge is -2.39. The molecule has 0 aromatic heterocycles. The predicted molar refractivity (Wildman–Crippen MR) is 81.3 cm³/mol. The molecule has 1 fully saturated rings. The Morgan fingerprint density at radius 3 is 2.60 bits per heavy atom. The van der Waals surface area contributed by atoms with E-state index in [0.717, 1.165) is 31.0 Å². The number of piperidine rings is 1. The zero-order valence-electron chi connectivity index (χ0n) is 12.9. The number of methoxy groups -OCH3 is 2. The van der Waals surface area contributed by atoms with E-state index in [4.69, 9.17) is 15.2 Å². The fraction of sp³-hybridized carbons (Fsp3) is 0.625. The first-order valence-corrected chi connectivity index (χ1v) is 7.26. The average Bonchev–Trinajstić information content (AvgIpc) is 2.44. The van der Waals surface area contributed by atoms with E-state index in [2.05, 4.69) is 24.8 Å². The van der Waals surface area contributed by atoms with Crippen molar-refractivity contribution in [2.24, 2.45) is 11.7 Å². The van der Waals surface area contributed by atoms with Crippen LogP contribution in [0.3, 0.4) is 0 Å². The second-order valence-corrected chi connectivity index (χ2v) is 5.84. The molecule has 1 heterocycles. The number of nitrogens with two attached hydrogens (primary N) is 1. The molecule has 3 atom stereocenters. The van der Waals surface area contributed by atoms with Gasteiger partial charge in [0, 0.05) is 36.8 Å². The van der Waals surface area contributed by atoms with Gasteiger partial charge in [-0.25, -0.2) is 0 Å². The van der Waals surface area contributed by atoms with Crippen LogP contribution in [0, 0.1) is 5.92 Å². The molecule has 1 aliphatic rings. The Morgan fingerprint density at radius 2 is 2.00 bits per heavy atom. The number of hydrogen-bond acceptors (Lipinski definition) is 4. The van der Waals surface area contributed by atoms with Gasteiger partial charge in [0.25, 0.3) is 0 Å². The summed E-state index contributed by atoms with van der Waals surface area (Å²) in [7, 11) is 3.37. The van der Waals surface area contributed by atoms with Crippen LogP contribution in [0.5, 0.6) is 11.5 Å². The van der Waals surface area contributed by atoms with Gasteiger partial charge in [0.2, 0.25) is 0 Å². The summed E-state index contributed by atoms with van der Waals surface area (Å²) in [6, 6.07) is 6.59. The minimum Gasteiger partial charge on any atom is -0.497 e. The second kappa shape index (κ2) is 6.46. The van der Waals surface area contributed by atoms with E-state index in [1.54, 1.807) is 14.2 Å². The van der Waals surface area contributed by atoms with E-state index in [1.165, 1.54) is 5.56 Å². The monoisotopic (exact) mass is 278 g/mol. The number of likely N-dealkylation sites (tertiary alicyclic amines) is 1. The van der Waals surface area contributed by atoms with Crippen molar-refractivity contribution >= 4 is 0 Å². The first-order valence-electron chi connectivity index (χ1n) is 7.26. The maximum Gasteiger partial charge on any atom is 0.127 e. The molecule has 0 aliphatic carbocycles. The minimum absolute atomic E-state index is 0.269. The molecule has 0 spiro atoms. The van der Waals surface area contributed by atoms with Gasteiger partial charge in [-0.1, -0.05) is 13.0 Å². The third-order valence-corrected chi connectivity index (χ3v) is 4.16. The van der Waals surface area contributed by atoms with Gasteiger partial charge in [0.05, 0.1) is 14.2 Å². The Labute approximate surface area is 121 Å². The smallest absolute Gasteiger partial charge is 0.127 e. The van der Waals surface area contributed by atoms with Gasteiger partial charge in [-0.3, -0.25) is 4.90 Å². The molecule has 1 aromatic carbocycles. The zero-order valence-corrected chi connectivity index (χ0v) is 12.9. The number of rotatable bonds is 4. The number of nitrogens with zero attached hydrogens (tertiary/aromatic N) is 1. The van der Waals surface area contributed by atoms with Crippen LogP contribution in [0.15, 0.2) is 18.2 Å². The molecular weight excluding hydrogens is 252 g/mol. The highest BCUT2D eigenvalue weighted by Gasteiger charge is 2.27. The normalized spacial score (nSPS) is 25.2. The molecule has 3 unspecified atom stereocenters. The van der Waals surface area contributed by atoms with Crippen LogP contribution in [0.2, 0.25) is 0 Å². The van der Waals surface area contributed by atoms with Crippen molar-refractivity contribution in [1.29, 1.82) is 0 Å². The van der Waals surface area contributed by atoms with Crippen molar-refractivity contribution in [3.05, 3.63) is 23.8 Å². The van der Waals surface area contributed by atoms with Crippen molar-refractivity contribution in [2.45, 2.75) is 32.4 Å². The van der Waals surface area contributed by atoms with Crippen molar-refractivity contribution < 1.29 is 9.47 Å². The highest BCUT2D eigenvalue weighted by atomic mass is 16.5. The lowest BCUT2D eigenvalue weighted by molar-refractivity contribution is 0.122. The van der Waals surface area contributed by atoms with Crippen LogP contribution >= 0.6 is 0 Å². The molecule has 4 nitrogen and oxygen atoms in total. The summed E-state index contributed by atoms with van der Waals surface area (Å²) >= 11 is 0. The average molecular weight is 278 g/mol. The van der Waals surface area contributed by atoms with Crippen LogP contribution < -0.4 is 15.2 Å². The summed E-state index contributed by atoms with van der Waals surface area (Å²) in [5, 5.41) is 0. The van der Waals surface area contributed by atoms with Crippen molar-refractivity contribution in [2.75, 3.05) is 27.3 Å². The van der Waals surface area contributed by atoms with Crippen molar-refractivity contribution in [1.82, 2.24) is 4.90 Å². The van der Waals surface area contributed by atoms with Gasteiger partial charge in [-0.15, -0.1) is 0 Å². The van der Waals surface area contributed by atoms with E-state index in [0.29, 0.717) is 12.0 Å². The predicted octanol–water partition coefficient (Wildman–Crippen LogP) is 2.43. The Bertz CT molecular complexity index is 440. The second-order valence-electron chi connectivity index (χ2n) is 5.84. The van der Waals surface area contributed by atoms with Crippen molar-refractivity contribution in [3.63, 3.8) is 0 Å². The molecular formula is C16H26N2O2. The molecule has 4 heteroatoms. The van der Waals surface area contributed by atoms with E-state index < -0.39 is 0 Å². The maximum atomic E-state index is 6.15. The van der Waals surface area contributed by atoms with Gasteiger partial charge in [0.15, 0.2) is 0 Å². The molecule has 2 rings (SSSR count). The molecule has 1 aliphatic heterocycles. The highest BCUT2D eigenvalue weighted by molar-refractivity contribution is 5.42. The summed E-state index contributed by atoms with van der Waals surface area (Å²) in [6.07, 6.45) is 1.11. The summed E-state index contributed by atoms with van der Waals surface area (Å²) in [5.74, 6) is 2.34. The Hall–Kier alpha value is -1.26. The number of hydrogen-bond donors (Lipinski definition) is 1. The first kappa shape index (κ1) is 15.1. The van der Waals surface area contributed by atoms with E-state index in [9.17, 15) is 0 Å². The van der Waals surface area contributed by atoms with Gasteiger partial charge in [-0.2, -0.15) is 0 Å². The van der Waals surface area contributed by atoms with Crippen LogP contribution in [0.25, 0.3) is 0 Å². The van der Waals surface area contributed by atoms with Gasteiger partial charge >= 0.3 is 0 Å². The number of benzene rings is 1. The maximum absolute atomic E-state index is 6.15. The third-order valence-electron chi connectivity index (χ3n) is 4.16. The zero-order chi connectivity index (χ0) is 14.7. The fourth-order valence-corrected chi connectivity index (χ4v) is 3.12. The molecule has 0 saturated carbocycles. The minimum atomic E-state index is 0.269. The van der Waals surface area contributed by atoms with Crippen molar-refractivity contribution in [3.8, 4) is 11.5 Å². The van der Waals surface area contributed by atoms with Gasteiger partial charge in [-0.05, 0) is 25.3 Å². The molecule has 1 saturated heterocycles. The summed E-state index contributed by atoms with van der Waals surface area (Å²) in [5.41, 5.74) is 7.34. The standard InChI is InChI=1S/C16H26N2O2/c1-11-7-13(17)10-18(9-11)12(2)15-6-5-14(19-3)8-16(15)20-4/h5-6,8,11-13H,7,9-10,17H2,1-4H3. The SMILES string of the molecule is COc1ccc(C(C)N2CC(C)CC(N)C2)c(OC)c1. The van der Waals surface area contributed by atoms with E-state index in [-0.39, 0.29) is 6.04 Å². The topological polar surface area (TPSA) is 47.7 Å². The Kier molecular flexibility index (Phi) is 4.89. The lowest BCUT2D eigenvalue weighted by atomic mass is 9.93. The van der Waals surface area contributed by atoms with Gasteiger partial charge < -0.3 is 15.2 Å². The molecule has 1 aromatic rings. The summed E-state index contributed by atoms with van der Waals surface area (Å²) in [4.78, 5) is 2.45. The molecule has 20 heavy (non-hydrogen) atoms. The Morgan fingerprint density at radius 1 is 1.25 bits per heavy atom.